The predicted molar refractivity (Wildman–Crippen MR) is 75.1 cm³/mol. The van der Waals surface area contributed by atoms with Crippen molar-refractivity contribution in [3.05, 3.63) is 24.0 Å². The van der Waals surface area contributed by atoms with E-state index in [0.29, 0.717) is 12.1 Å². The molecule has 0 aliphatic carbocycles. The molecule has 0 radical (unpaired) electrons. The summed E-state index contributed by atoms with van der Waals surface area (Å²) in [5.74, 6) is 0.204. The molecule has 3 heterocycles. The molecule has 0 N–H and O–H groups in total. The summed E-state index contributed by atoms with van der Waals surface area (Å²) in [5, 5.41) is 0. The van der Waals surface area contributed by atoms with E-state index in [9.17, 15) is 4.79 Å². The Morgan fingerprint density at radius 2 is 1.89 bits per heavy atom. The number of rotatable bonds is 2. The fraction of sp³-hybridized carbons (Fsp3) is 0.667. The highest BCUT2D eigenvalue weighted by atomic mass is 16.2. The van der Waals surface area contributed by atoms with E-state index in [1.165, 1.54) is 19.4 Å². The minimum Gasteiger partial charge on any atom is -0.347 e. The van der Waals surface area contributed by atoms with Crippen LogP contribution >= 0.6 is 0 Å². The number of likely N-dealkylation sites (tertiary alicyclic amines) is 2. The molecule has 4 heteroatoms. The van der Waals surface area contributed by atoms with Gasteiger partial charge >= 0.3 is 0 Å². The van der Waals surface area contributed by atoms with Gasteiger partial charge in [-0.25, -0.2) is 0 Å². The molecule has 2 saturated heterocycles. The molecule has 2 aliphatic rings. The van der Waals surface area contributed by atoms with E-state index in [0.717, 1.165) is 25.1 Å². The monoisotopic (exact) mass is 261 g/mol. The first kappa shape index (κ1) is 12.7. The van der Waals surface area contributed by atoms with Crippen LogP contribution in [-0.2, 0) is 7.05 Å². The van der Waals surface area contributed by atoms with Crippen molar-refractivity contribution in [3.63, 3.8) is 0 Å². The van der Waals surface area contributed by atoms with Crippen LogP contribution in [0.5, 0.6) is 0 Å². The summed E-state index contributed by atoms with van der Waals surface area (Å²) < 4.78 is 1.93. The number of aryl methyl sites for hydroxylation is 1. The smallest absolute Gasteiger partial charge is 0.270 e. The first-order chi connectivity index (χ1) is 9.18. The maximum Gasteiger partial charge on any atom is 0.270 e. The fourth-order valence-electron chi connectivity index (χ4n) is 3.70. The Bertz CT molecular complexity index is 468. The summed E-state index contributed by atoms with van der Waals surface area (Å²) in [5.41, 5.74) is 0.813. The Morgan fingerprint density at radius 3 is 2.53 bits per heavy atom. The molecule has 19 heavy (non-hydrogen) atoms. The summed E-state index contributed by atoms with van der Waals surface area (Å²) in [4.78, 5) is 17.2. The highest BCUT2D eigenvalue weighted by molar-refractivity contribution is 5.93. The number of amides is 1. The van der Waals surface area contributed by atoms with E-state index in [1.807, 2.05) is 29.9 Å². The standard InChI is InChI=1S/C15H23N3O/c1-16-9-3-6-12(16)13-7-5-11-18(13)15(19)14-8-4-10-17(14)2/h4,8,10,12-13H,3,5-7,9,11H2,1-2H3. The number of likely N-dealkylation sites (N-methyl/N-ethyl adjacent to an activating group) is 1. The summed E-state index contributed by atoms with van der Waals surface area (Å²) >= 11 is 0. The van der Waals surface area contributed by atoms with Crippen LogP contribution < -0.4 is 0 Å². The van der Waals surface area contributed by atoms with Crippen molar-refractivity contribution >= 4 is 5.91 Å². The van der Waals surface area contributed by atoms with Gasteiger partial charge in [0.25, 0.3) is 5.91 Å². The number of nitrogens with zero attached hydrogens (tertiary/aromatic N) is 3. The van der Waals surface area contributed by atoms with E-state index in [-0.39, 0.29) is 5.91 Å². The van der Waals surface area contributed by atoms with Crippen LogP contribution in [-0.4, -0.2) is 52.5 Å². The molecule has 1 amide bonds. The number of carbonyl (C=O) groups is 1. The van der Waals surface area contributed by atoms with Gasteiger partial charge in [0.05, 0.1) is 0 Å². The Morgan fingerprint density at radius 1 is 1.16 bits per heavy atom. The number of aromatic nitrogens is 1. The zero-order valence-corrected chi connectivity index (χ0v) is 11.9. The van der Waals surface area contributed by atoms with Crippen LogP contribution in [0.3, 0.4) is 0 Å². The van der Waals surface area contributed by atoms with E-state index >= 15 is 0 Å². The second kappa shape index (κ2) is 5.00. The summed E-state index contributed by atoms with van der Waals surface area (Å²) in [6.45, 7) is 2.09. The summed E-state index contributed by atoms with van der Waals surface area (Å²) in [6, 6.07) is 4.84. The number of carbonyl (C=O) groups excluding carboxylic acids is 1. The van der Waals surface area contributed by atoms with Gasteiger partial charge in [0, 0.05) is 31.9 Å². The third kappa shape index (κ3) is 2.18. The minimum atomic E-state index is 0.204. The lowest BCUT2D eigenvalue weighted by Crippen LogP contribution is -2.47. The summed E-state index contributed by atoms with van der Waals surface area (Å²) in [7, 11) is 4.14. The topological polar surface area (TPSA) is 28.5 Å². The molecule has 2 aliphatic heterocycles. The molecule has 0 saturated carbocycles. The maximum atomic E-state index is 12.7. The molecule has 0 aromatic carbocycles. The van der Waals surface area contributed by atoms with E-state index in [4.69, 9.17) is 0 Å². The zero-order chi connectivity index (χ0) is 13.4. The van der Waals surface area contributed by atoms with Crippen molar-refractivity contribution in [2.75, 3.05) is 20.1 Å². The molecule has 1 aromatic heterocycles. The van der Waals surface area contributed by atoms with Gasteiger partial charge in [0.15, 0.2) is 0 Å². The second-order valence-electron chi connectivity index (χ2n) is 5.90. The van der Waals surface area contributed by atoms with Gasteiger partial charge in [0.2, 0.25) is 0 Å². The van der Waals surface area contributed by atoms with E-state index < -0.39 is 0 Å². The third-order valence-electron chi connectivity index (χ3n) is 4.74. The molecule has 104 valence electrons. The van der Waals surface area contributed by atoms with Crippen LogP contribution in [0.1, 0.15) is 36.2 Å². The number of hydrogen-bond acceptors (Lipinski definition) is 2. The molecule has 2 unspecified atom stereocenters. The lowest BCUT2D eigenvalue weighted by molar-refractivity contribution is 0.0655. The maximum absolute atomic E-state index is 12.7. The number of hydrogen-bond donors (Lipinski definition) is 0. The van der Waals surface area contributed by atoms with Crippen molar-refractivity contribution in [2.45, 2.75) is 37.8 Å². The van der Waals surface area contributed by atoms with Gasteiger partial charge in [-0.2, -0.15) is 0 Å². The summed E-state index contributed by atoms with van der Waals surface area (Å²) in [6.07, 6.45) is 6.75. The average Bonchev–Trinajstić information content (AvgIpc) is 3.07. The Balaban J connectivity index is 1.80. The van der Waals surface area contributed by atoms with Crippen LogP contribution in [0.15, 0.2) is 18.3 Å². The van der Waals surface area contributed by atoms with Gasteiger partial charge in [-0.15, -0.1) is 0 Å². The fourth-order valence-corrected chi connectivity index (χ4v) is 3.70. The van der Waals surface area contributed by atoms with Crippen molar-refractivity contribution in [3.8, 4) is 0 Å². The Kier molecular flexibility index (Phi) is 3.35. The SMILES string of the molecule is CN1CCCC1C1CCCN1C(=O)c1cccn1C. The Hall–Kier alpha value is -1.29. The molecule has 0 spiro atoms. The van der Waals surface area contributed by atoms with Crippen LogP contribution in [0.25, 0.3) is 0 Å². The lowest BCUT2D eigenvalue weighted by Gasteiger charge is -2.33. The lowest BCUT2D eigenvalue weighted by atomic mass is 10.0. The van der Waals surface area contributed by atoms with Crippen molar-refractivity contribution in [2.24, 2.45) is 7.05 Å². The van der Waals surface area contributed by atoms with Gasteiger partial charge < -0.3 is 14.4 Å². The van der Waals surface area contributed by atoms with E-state index in [1.54, 1.807) is 0 Å². The Labute approximate surface area is 115 Å². The third-order valence-corrected chi connectivity index (χ3v) is 4.74. The van der Waals surface area contributed by atoms with Crippen molar-refractivity contribution < 1.29 is 4.79 Å². The minimum absolute atomic E-state index is 0.204. The predicted octanol–water partition coefficient (Wildman–Crippen LogP) is 1.72. The first-order valence-corrected chi connectivity index (χ1v) is 7.31. The quantitative estimate of drug-likeness (QED) is 0.811. The molecular weight excluding hydrogens is 238 g/mol. The molecule has 2 fully saturated rings. The average molecular weight is 261 g/mol. The molecule has 4 nitrogen and oxygen atoms in total. The molecular formula is C15H23N3O. The molecule has 3 rings (SSSR count). The van der Waals surface area contributed by atoms with Crippen molar-refractivity contribution in [1.29, 1.82) is 0 Å². The van der Waals surface area contributed by atoms with Crippen molar-refractivity contribution in [1.82, 2.24) is 14.4 Å². The van der Waals surface area contributed by atoms with Gasteiger partial charge in [0.1, 0.15) is 5.69 Å². The van der Waals surface area contributed by atoms with Crippen LogP contribution in [0.2, 0.25) is 0 Å². The van der Waals surface area contributed by atoms with E-state index in [2.05, 4.69) is 16.8 Å². The van der Waals surface area contributed by atoms with Gasteiger partial charge in [-0.05, 0) is 51.4 Å². The highest BCUT2D eigenvalue weighted by Gasteiger charge is 2.38. The largest absolute Gasteiger partial charge is 0.347 e. The van der Waals surface area contributed by atoms with Gasteiger partial charge in [-0.1, -0.05) is 0 Å². The normalized spacial score (nSPS) is 28.2. The highest BCUT2D eigenvalue weighted by Crippen LogP contribution is 2.30. The molecule has 0 bridgehead atoms. The second-order valence-corrected chi connectivity index (χ2v) is 5.90. The van der Waals surface area contributed by atoms with Crippen LogP contribution in [0.4, 0.5) is 0 Å². The molecule has 1 aromatic rings. The first-order valence-electron chi connectivity index (χ1n) is 7.31. The zero-order valence-electron chi connectivity index (χ0n) is 11.9. The van der Waals surface area contributed by atoms with Crippen LogP contribution in [0, 0.1) is 0 Å². The molecule has 2 atom stereocenters. The van der Waals surface area contributed by atoms with Gasteiger partial charge in [-0.3, -0.25) is 4.79 Å².